The number of aromatic nitrogens is 3. The van der Waals surface area contributed by atoms with E-state index in [2.05, 4.69) is 21.5 Å². The maximum Gasteiger partial charge on any atom is 0.147 e. The standard InChI is InChI=1S/C16H21N5/c1-4-18-16(12-17,15-8-6-5-7-9-15)10-11-21-14(3)19-13(2)20-21/h5-9,18H,4,10-11H2,1-3H3. The molecular formula is C16H21N5. The minimum Gasteiger partial charge on any atom is -0.296 e. The summed E-state index contributed by atoms with van der Waals surface area (Å²) >= 11 is 0. The molecule has 0 spiro atoms. The van der Waals surface area contributed by atoms with Gasteiger partial charge in [0.2, 0.25) is 0 Å². The van der Waals surface area contributed by atoms with Crippen LogP contribution in [0.5, 0.6) is 0 Å². The number of hydrogen-bond donors (Lipinski definition) is 1. The smallest absolute Gasteiger partial charge is 0.147 e. The molecule has 0 bridgehead atoms. The highest BCUT2D eigenvalue weighted by molar-refractivity contribution is 5.31. The summed E-state index contributed by atoms with van der Waals surface area (Å²) in [5, 5.41) is 17.5. The molecule has 0 saturated heterocycles. The average molecular weight is 283 g/mol. The molecule has 0 aliphatic carbocycles. The van der Waals surface area contributed by atoms with Crippen LogP contribution in [0.3, 0.4) is 0 Å². The predicted octanol–water partition coefficient (Wildman–Crippen LogP) is 2.31. The van der Waals surface area contributed by atoms with E-state index in [1.807, 2.05) is 55.8 Å². The predicted molar refractivity (Wildman–Crippen MR) is 81.5 cm³/mol. The zero-order chi connectivity index (χ0) is 15.3. The molecule has 2 rings (SSSR count). The first-order valence-corrected chi connectivity index (χ1v) is 7.21. The molecule has 0 saturated carbocycles. The van der Waals surface area contributed by atoms with Crippen molar-refractivity contribution in [3.63, 3.8) is 0 Å². The van der Waals surface area contributed by atoms with E-state index in [4.69, 9.17) is 0 Å². The van der Waals surface area contributed by atoms with Gasteiger partial charge in [-0.1, -0.05) is 37.3 Å². The van der Waals surface area contributed by atoms with Gasteiger partial charge in [-0.2, -0.15) is 10.4 Å². The highest BCUT2D eigenvalue weighted by Crippen LogP contribution is 2.25. The number of aryl methyl sites for hydroxylation is 3. The van der Waals surface area contributed by atoms with Crippen LogP contribution >= 0.6 is 0 Å². The fourth-order valence-corrected chi connectivity index (χ4v) is 2.57. The third kappa shape index (κ3) is 3.29. The number of nitrogens with zero attached hydrogens (tertiary/aromatic N) is 4. The Kier molecular flexibility index (Phi) is 4.71. The summed E-state index contributed by atoms with van der Waals surface area (Å²) in [6.45, 7) is 7.21. The molecule has 1 heterocycles. The summed E-state index contributed by atoms with van der Waals surface area (Å²) in [5.74, 6) is 1.64. The first-order valence-electron chi connectivity index (χ1n) is 7.21. The lowest BCUT2D eigenvalue weighted by Gasteiger charge is -2.28. The molecule has 0 fully saturated rings. The van der Waals surface area contributed by atoms with Crippen LogP contribution in [-0.2, 0) is 12.1 Å². The average Bonchev–Trinajstić information content (AvgIpc) is 2.82. The lowest BCUT2D eigenvalue weighted by molar-refractivity contribution is 0.369. The molecule has 5 nitrogen and oxygen atoms in total. The summed E-state index contributed by atoms with van der Waals surface area (Å²) < 4.78 is 1.86. The summed E-state index contributed by atoms with van der Waals surface area (Å²) in [6.07, 6.45) is 0.644. The van der Waals surface area contributed by atoms with Crippen molar-refractivity contribution < 1.29 is 0 Å². The van der Waals surface area contributed by atoms with Gasteiger partial charge in [0.05, 0.1) is 6.07 Å². The van der Waals surface area contributed by atoms with Gasteiger partial charge in [0, 0.05) is 13.0 Å². The highest BCUT2D eigenvalue weighted by atomic mass is 15.3. The molecule has 2 aromatic rings. The second kappa shape index (κ2) is 6.51. The Labute approximate surface area is 125 Å². The van der Waals surface area contributed by atoms with Crippen LogP contribution in [0, 0.1) is 25.2 Å². The Morgan fingerprint density at radius 2 is 2.00 bits per heavy atom. The van der Waals surface area contributed by atoms with E-state index >= 15 is 0 Å². The zero-order valence-corrected chi connectivity index (χ0v) is 12.8. The zero-order valence-electron chi connectivity index (χ0n) is 12.8. The number of benzene rings is 1. The van der Waals surface area contributed by atoms with E-state index in [-0.39, 0.29) is 0 Å². The van der Waals surface area contributed by atoms with Crippen LogP contribution in [0.15, 0.2) is 30.3 Å². The normalized spacial score (nSPS) is 13.6. The van der Waals surface area contributed by atoms with E-state index in [1.54, 1.807) is 0 Å². The number of rotatable bonds is 6. The van der Waals surface area contributed by atoms with Gasteiger partial charge in [0.1, 0.15) is 17.2 Å². The second-order valence-corrected chi connectivity index (χ2v) is 5.09. The summed E-state index contributed by atoms with van der Waals surface area (Å²) in [7, 11) is 0. The molecule has 21 heavy (non-hydrogen) atoms. The summed E-state index contributed by atoms with van der Waals surface area (Å²) in [6, 6.07) is 12.3. The Morgan fingerprint density at radius 1 is 1.29 bits per heavy atom. The Balaban J connectivity index is 2.25. The van der Waals surface area contributed by atoms with E-state index in [0.717, 1.165) is 23.8 Å². The van der Waals surface area contributed by atoms with Crippen LogP contribution in [-0.4, -0.2) is 21.3 Å². The number of hydrogen-bond acceptors (Lipinski definition) is 4. The largest absolute Gasteiger partial charge is 0.296 e. The number of nitrogens with one attached hydrogen (secondary N) is 1. The van der Waals surface area contributed by atoms with E-state index in [9.17, 15) is 5.26 Å². The lowest BCUT2D eigenvalue weighted by atomic mass is 9.88. The van der Waals surface area contributed by atoms with E-state index < -0.39 is 5.54 Å². The third-order valence-electron chi connectivity index (χ3n) is 3.60. The van der Waals surface area contributed by atoms with Crippen molar-refractivity contribution in [3.05, 3.63) is 47.5 Å². The van der Waals surface area contributed by atoms with Crippen molar-refractivity contribution >= 4 is 0 Å². The molecule has 1 atom stereocenters. The fraction of sp³-hybridized carbons (Fsp3) is 0.438. The van der Waals surface area contributed by atoms with E-state index in [0.29, 0.717) is 13.0 Å². The Bertz CT molecular complexity index is 626. The molecule has 1 aromatic carbocycles. The Hall–Kier alpha value is -2.19. The van der Waals surface area contributed by atoms with Gasteiger partial charge >= 0.3 is 0 Å². The minimum atomic E-state index is -0.692. The highest BCUT2D eigenvalue weighted by Gasteiger charge is 2.31. The summed E-state index contributed by atoms with van der Waals surface area (Å²) in [4.78, 5) is 4.30. The maximum atomic E-state index is 9.76. The summed E-state index contributed by atoms with van der Waals surface area (Å²) in [5.41, 5.74) is 0.298. The molecule has 1 N–H and O–H groups in total. The van der Waals surface area contributed by atoms with Crippen LogP contribution in [0.25, 0.3) is 0 Å². The third-order valence-corrected chi connectivity index (χ3v) is 3.60. The van der Waals surface area contributed by atoms with Crippen LogP contribution in [0.1, 0.15) is 30.6 Å². The van der Waals surface area contributed by atoms with Gasteiger partial charge in [-0.15, -0.1) is 0 Å². The second-order valence-electron chi connectivity index (χ2n) is 5.09. The fourth-order valence-electron chi connectivity index (χ4n) is 2.57. The van der Waals surface area contributed by atoms with Crippen molar-refractivity contribution in [2.75, 3.05) is 6.54 Å². The molecule has 110 valence electrons. The van der Waals surface area contributed by atoms with Crippen molar-refractivity contribution in [3.8, 4) is 6.07 Å². The lowest BCUT2D eigenvalue weighted by Crippen LogP contribution is -2.42. The van der Waals surface area contributed by atoms with Crippen LogP contribution in [0.2, 0.25) is 0 Å². The van der Waals surface area contributed by atoms with Crippen LogP contribution < -0.4 is 5.32 Å². The van der Waals surface area contributed by atoms with Crippen LogP contribution in [0.4, 0.5) is 0 Å². The number of nitriles is 1. The maximum absolute atomic E-state index is 9.76. The SMILES string of the molecule is CCNC(C#N)(CCn1nc(C)nc1C)c1ccccc1. The topological polar surface area (TPSA) is 66.5 Å². The van der Waals surface area contributed by atoms with Gasteiger partial charge in [-0.25, -0.2) is 4.98 Å². The molecule has 0 radical (unpaired) electrons. The molecule has 0 aliphatic heterocycles. The van der Waals surface area contributed by atoms with E-state index in [1.165, 1.54) is 0 Å². The monoisotopic (exact) mass is 283 g/mol. The van der Waals surface area contributed by atoms with Gasteiger partial charge in [0.15, 0.2) is 0 Å². The van der Waals surface area contributed by atoms with Gasteiger partial charge in [-0.05, 0) is 26.0 Å². The molecule has 0 aliphatic rings. The molecule has 1 aromatic heterocycles. The van der Waals surface area contributed by atoms with Crippen molar-refractivity contribution in [2.24, 2.45) is 0 Å². The van der Waals surface area contributed by atoms with Gasteiger partial charge in [-0.3, -0.25) is 10.00 Å². The molecular weight excluding hydrogens is 262 g/mol. The van der Waals surface area contributed by atoms with Crippen molar-refractivity contribution in [1.82, 2.24) is 20.1 Å². The minimum absolute atomic E-state index is 0.644. The Morgan fingerprint density at radius 3 is 2.52 bits per heavy atom. The molecule has 1 unspecified atom stereocenters. The van der Waals surface area contributed by atoms with Crippen molar-refractivity contribution in [1.29, 1.82) is 5.26 Å². The van der Waals surface area contributed by atoms with Gasteiger partial charge in [0.25, 0.3) is 0 Å². The quantitative estimate of drug-likeness (QED) is 0.883. The molecule has 0 amide bonds. The van der Waals surface area contributed by atoms with Gasteiger partial charge < -0.3 is 0 Å². The molecule has 5 heteroatoms. The first kappa shape index (κ1) is 15.2. The first-order chi connectivity index (χ1) is 10.1. The van der Waals surface area contributed by atoms with Crippen molar-refractivity contribution in [2.45, 2.75) is 39.3 Å².